The van der Waals surface area contributed by atoms with Crippen molar-refractivity contribution in [1.82, 2.24) is 0 Å². The number of ether oxygens (including phenoxy) is 1. The minimum Gasteiger partial charge on any atom is -0.444 e. The van der Waals surface area contributed by atoms with Gasteiger partial charge in [0.15, 0.2) is 0 Å². The smallest absolute Gasteiger partial charge is 0.411 e. The molecule has 4 nitrogen and oxygen atoms in total. The van der Waals surface area contributed by atoms with Gasteiger partial charge in [-0.05, 0) is 79.5 Å². The lowest BCUT2D eigenvalue weighted by Gasteiger charge is -2.40. The van der Waals surface area contributed by atoms with Crippen molar-refractivity contribution in [1.29, 1.82) is 0 Å². The van der Waals surface area contributed by atoms with E-state index in [1.54, 1.807) is 0 Å². The number of hydrogen-bond donors (Lipinski definition) is 2. The second-order valence-electron chi connectivity index (χ2n) is 9.84. The summed E-state index contributed by atoms with van der Waals surface area (Å²) < 4.78 is 5.45. The zero-order valence-electron chi connectivity index (χ0n) is 20.8. The first-order valence-electron chi connectivity index (χ1n) is 12.3. The maximum absolute atomic E-state index is 12.5. The van der Waals surface area contributed by atoms with Crippen LogP contribution in [0.1, 0.15) is 71.0 Å². The topological polar surface area (TPSA) is 64.3 Å². The van der Waals surface area contributed by atoms with Crippen LogP contribution in [0.4, 0.5) is 16.2 Å². The first-order valence-corrected chi connectivity index (χ1v) is 12.3. The van der Waals surface area contributed by atoms with Crippen LogP contribution in [0.3, 0.4) is 0 Å². The molecule has 3 aromatic rings. The Morgan fingerprint density at radius 1 is 0.853 bits per heavy atom. The number of benzene rings is 3. The summed E-state index contributed by atoms with van der Waals surface area (Å²) in [5.74, 6) is 0. The van der Waals surface area contributed by atoms with Crippen LogP contribution in [0.5, 0.6) is 0 Å². The third kappa shape index (κ3) is 4.82. The number of rotatable bonds is 5. The van der Waals surface area contributed by atoms with Crippen molar-refractivity contribution in [2.45, 2.75) is 71.8 Å². The Bertz CT molecular complexity index is 1130. The fraction of sp³-hybridized carbons (Fsp3) is 0.367. The van der Waals surface area contributed by atoms with E-state index >= 15 is 0 Å². The Kier molecular flexibility index (Phi) is 6.97. The molecule has 0 radical (unpaired) electrons. The van der Waals surface area contributed by atoms with Gasteiger partial charge < -0.3 is 10.5 Å². The van der Waals surface area contributed by atoms with Crippen LogP contribution >= 0.6 is 0 Å². The number of amides is 1. The molecule has 4 rings (SSSR count). The van der Waals surface area contributed by atoms with E-state index < -0.39 is 6.09 Å². The highest BCUT2D eigenvalue weighted by Gasteiger charge is 2.36. The molecule has 0 heterocycles. The number of carbonyl (C=O) groups excluding carboxylic acids is 1. The summed E-state index contributed by atoms with van der Waals surface area (Å²) in [6, 6.07) is 18.8. The predicted molar refractivity (Wildman–Crippen MR) is 140 cm³/mol. The molecule has 0 atom stereocenters. The zero-order chi connectivity index (χ0) is 24.3. The van der Waals surface area contributed by atoms with Crippen LogP contribution in [-0.2, 0) is 16.8 Å². The lowest BCUT2D eigenvalue weighted by molar-refractivity contribution is 0.155. The molecule has 0 unspecified atom stereocenters. The quantitative estimate of drug-likeness (QED) is 0.391. The Morgan fingerprint density at radius 3 is 1.94 bits per heavy atom. The zero-order valence-corrected chi connectivity index (χ0v) is 20.8. The van der Waals surface area contributed by atoms with E-state index in [4.69, 9.17) is 10.5 Å². The molecule has 1 amide bonds. The van der Waals surface area contributed by atoms with Gasteiger partial charge in [0.1, 0.15) is 6.61 Å². The molecule has 4 heteroatoms. The van der Waals surface area contributed by atoms with Crippen LogP contribution in [0.15, 0.2) is 54.6 Å². The Morgan fingerprint density at radius 2 is 1.38 bits per heavy atom. The predicted octanol–water partition coefficient (Wildman–Crippen LogP) is 7.50. The molecule has 34 heavy (non-hydrogen) atoms. The molecule has 1 fully saturated rings. The average molecular weight is 457 g/mol. The average Bonchev–Trinajstić information content (AvgIpc) is 2.84. The highest BCUT2D eigenvalue weighted by Crippen LogP contribution is 2.47. The van der Waals surface area contributed by atoms with Crippen LogP contribution in [0, 0.1) is 27.7 Å². The normalized spacial score (nSPS) is 15.1. The molecular weight excluding hydrogens is 420 g/mol. The van der Waals surface area contributed by atoms with Gasteiger partial charge >= 0.3 is 6.09 Å². The third-order valence-corrected chi connectivity index (χ3v) is 7.38. The number of aryl methyl sites for hydroxylation is 4. The third-order valence-electron chi connectivity index (χ3n) is 7.38. The highest BCUT2D eigenvalue weighted by molar-refractivity contribution is 5.87. The molecular formula is C30H36N2O2. The summed E-state index contributed by atoms with van der Waals surface area (Å²) in [6.45, 7) is 8.60. The van der Waals surface area contributed by atoms with Gasteiger partial charge in [-0.1, -0.05) is 73.9 Å². The van der Waals surface area contributed by atoms with Gasteiger partial charge in [-0.15, -0.1) is 0 Å². The molecule has 0 spiro atoms. The molecule has 1 aliphatic rings. The van der Waals surface area contributed by atoms with Crippen molar-refractivity contribution < 1.29 is 9.53 Å². The Labute approximate surface area is 203 Å². The van der Waals surface area contributed by atoms with Crippen molar-refractivity contribution in [3.63, 3.8) is 0 Å². The van der Waals surface area contributed by atoms with E-state index in [0.717, 1.165) is 52.0 Å². The van der Waals surface area contributed by atoms with E-state index in [-0.39, 0.29) is 12.0 Å². The number of anilines is 2. The largest absolute Gasteiger partial charge is 0.444 e. The minimum atomic E-state index is -0.431. The van der Waals surface area contributed by atoms with Crippen molar-refractivity contribution >= 4 is 17.5 Å². The lowest BCUT2D eigenvalue weighted by atomic mass is 9.64. The fourth-order valence-corrected chi connectivity index (χ4v) is 5.45. The Hall–Kier alpha value is -3.27. The molecule has 1 aliphatic carbocycles. The van der Waals surface area contributed by atoms with Crippen LogP contribution in [0.2, 0.25) is 0 Å². The molecule has 0 aromatic heterocycles. The molecule has 0 aliphatic heterocycles. The van der Waals surface area contributed by atoms with Gasteiger partial charge in [0.05, 0.1) is 0 Å². The summed E-state index contributed by atoms with van der Waals surface area (Å²) in [6.07, 6.45) is 5.53. The molecule has 3 aromatic carbocycles. The van der Waals surface area contributed by atoms with Gasteiger partial charge in [0.25, 0.3) is 0 Å². The molecule has 178 valence electrons. The van der Waals surface area contributed by atoms with Gasteiger partial charge in [-0.2, -0.15) is 0 Å². The first kappa shape index (κ1) is 23.9. The van der Waals surface area contributed by atoms with E-state index in [9.17, 15) is 4.79 Å². The van der Waals surface area contributed by atoms with Crippen molar-refractivity contribution in [3.05, 3.63) is 93.5 Å². The minimum absolute atomic E-state index is 0.0245. The standard InChI is InChI=1S/C30H36N2O2/c1-20-15-25(16-21(2)27(20)31)30(13-9-6-10-14-30)26-17-22(3)28(23(4)18-26)32-29(33)34-19-24-11-7-5-8-12-24/h5,7-8,11-12,15-18H,6,9-10,13-14,19,31H2,1-4H3,(H,32,33). The van der Waals surface area contributed by atoms with Crippen LogP contribution in [-0.4, -0.2) is 6.09 Å². The Balaban J connectivity index is 1.63. The van der Waals surface area contributed by atoms with Crippen molar-refractivity contribution in [2.75, 3.05) is 11.1 Å². The van der Waals surface area contributed by atoms with Gasteiger partial charge in [0, 0.05) is 16.8 Å². The van der Waals surface area contributed by atoms with E-state index in [0.29, 0.717) is 0 Å². The summed E-state index contributed by atoms with van der Waals surface area (Å²) >= 11 is 0. The maximum Gasteiger partial charge on any atom is 0.411 e. The molecule has 0 saturated heterocycles. The SMILES string of the molecule is Cc1cc(C2(c3cc(C)c(NC(=O)OCc4ccccc4)c(C)c3)CCCCC2)cc(C)c1N. The summed E-state index contributed by atoms with van der Waals surface area (Å²) in [5, 5.41) is 2.98. The van der Waals surface area contributed by atoms with Crippen molar-refractivity contribution in [3.8, 4) is 0 Å². The number of nitrogens with one attached hydrogen (secondary N) is 1. The second-order valence-corrected chi connectivity index (χ2v) is 9.84. The second kappa shape index (κ2) is 9.92. The number of hydrogen-bond acceptors (Lipinski definition) is 3. The summed E-state index contributed by atoms with van der Waals surface area (Å²) in [7, 11) is 0. The van der Waals surface area contributed by atoms with Crippen LogP contribution in [0.25, 0.3) is 0 Å². The maximum atomic E-state index is 12.5. The fourth-order valence-electron chi connectivity index (χ4n) is 5.45. The number of nitrogens with two attached hydrogens (primary N) is 1. The molecule has 0 bridgehead atoms. The van der Waals surface area contributed by atoms with E-state index in [1.165, 1.54) is 30.4 Å². The van der Waals surface area contributed by atoms with E-state index in [1.807, 2.05) is 30.3 Å². The van der Waals surface area contributed by atoms with Gasteiger partial charge in [0.2, 0.25) is 0 Å². The van der Waals surface area contributed by atoms with Crippen LogP contribution < -0.4 is 11.1 Å². The molecule has 3 N–H and O–H groups in total. The number of carbonyl (C=O) groups is 1. The van der Waals surface area contributed by atoms with Crippen molar-refractivity contribution in [2.24, 2.45) is 0 Å². The van der Waals surface area contributed by atoms with E-state index in [2.05, 4.69) is 57.3 Å². The summed E-state index contributed by atoms with van der Waals surface area (Å²) in [5.41, 5.74) is 16.0. The monoisotopic (exact) mass is 456 g/mol. The lowest BCUT2D eigenvalue weighted by Crippen LogP contribution is -2.31. The summed E-state index contributed by atoms with van der Waals surface area (Å²) in [4.78, 5) is 12.5. The highest BCUT2D eigenvalue weighted by atomic mass is 16.5. The number of nitrogen functional groups attached to an aromatic ring is 1. The van der Waals surface area contributed by atoms with Gasteiger partial charge in [-0.3, -0.25) is 5.32 Å². The van der Waals surface area contributed by atoms with Gasteiger partial charge in [-0.25, -0.2) is 4.79 Å². The molecule has 1 saturated carbocycles. The first-order chi connectivity index (χ1) is 16.3.